The molecule has 1 atom stereocenters. The number of ketones is 1. The maximum atomic E-state index is 13.2. The minimum atomic E-state index is -0.789. The fraction of sp³-hybridized carbons (Fsp3) is 0.172. The summed E-state index contributed by atoms with van der Waals surface area (Å²) in [5.41, 5.74) is 3.09. The highest BCUT2D eigenvalue weighted by atomic mass is 16.5. The summed E-state index contributed by atoms with van der Waals surface area (Å²) >= 11 is 0. The van der Waals surface area contributed by atoms with Gasteiger partial charge in [-0.25, -0.2) is 0 Å². The molecule has 1 aliphatic rings. The van der Waals surface area contributed by atoms with Gasteiger partial charge in [-0.2, -0.15) is 0 Å². The Morgan fingerprint density at radius 1 is 1.00 bits per heavy atom. The number of ether oxygens (including phenoxy) is 1. The second-order valence-corrected chi connectivity index (χ2v) is 8.65. The number of hydrogen-bond donors (Lipinski definition) is 3. The number of hydrogen-bond acceptors (Lipinski definition) is 5. The predicted octanol–water partition coefficient (Wildman–Crippen LogP) is 4.94. The normalized spacial score (nSPS) is 17.1. The molecule has 1 amide bonds. The lowest BCUT2D eigenvalue weighted by atomic mass is 9.95. The van der Waals surface area contributed by atoms with Crippen LogP contribution < -0.4 is 4.74 Å². The van der Waals surface area contributed by atoms with Crippen molar-refractivity contribution in [3.8, 4) is 11.5 Å². The SMILES string of the molecule is CCOc1ccc(/C(O)=C2\C(=O)C(=O)N(CCc3c[nH]c4ccccc34)C2c2ccc(O)cc2)cc1. The molecule has 36 heavy (non-hydrogen) atoms. The molecule has 0 aliphatic carbocycles. The number of para-hydroxylation sites is 1. The second-order valence-electron chi connectivity index (χ2n) is 8.65. The molecule has 1 aromatic heterocycles. The number of aromatic nitrogens is 1. The van der Waals surface area contributed by atoms with Crippen LogP contribution in [-0.2, 0) is 16.0 Å². The monoisotopic (exact) mass is 482 g/mol. The zero-order chi connectivity index (χ0) is 25.2. The van der Waals surface area contributed by atoms with Crippen molar-refractivity contribution in [1.82, 2.24) is 9.88 Å². The highest BCUT2D eigenvalue weighted by molar-refractivity contribution is 6.46. The van der Waals surface area contributed by atoms with Crippen LogP contribution >= 0.6 is 0 Å². The van der Waals surface area contributed by atoms with Gasteiger partial charge in [0.15, 0.2) is 0 Å². The van der Waals surface area contributed by atoms with E-state index in [1.807, 2.05) is 37.4 Å². The van der Waals surface area contributed by atoms with Crippen molar-refractivity contribution in [2.75, 3.05) is 13.2 Å². The second kappa shape index (κ2) is 9.62. The number of carbonyl (C=O) groups is 2. The topological polar surface area (TPSA) is 103 Å². The van der Waals surface area contributed by atoms with E-state index >= 15 is 0 Å². The molecule has 0 spiro atoms. The van der Waals surface area contributed by atoms with Crippen LogP contribution in [0, 0.1) is 0 Å². The predicted molar refractivity (Wildman–Crippen MR) is 137 cm³/mol. The molecule has 7 nitrogen and oxygen atoms in total. The van der Waals surface area contributed by atoms with E-state index in [1.54, 1.807) is 36.4 Å². The first-order valence-corrected chi connectivity index (χ1v) is 11.8. The number of carbonyl (C=O) groups excluding carboxylic acids is 2. The van der Waals surface area contributed by atoms with Gasteiger partial charge in [0.2, 0.25) is 0 Å². The van der Waals surface area contributed by atoms with Gasteiger partial charge in [0, 0.05) is 29.2 Å². The number of amides is 1. The van der Waals surface area contributed by atoms with E-state index in [9.17, 15) is 19.8 Å². The Kier molecular flexibility index (Phi) is 6.21. The molecule has 7 heteroatoms. The maximum Gasteiger partial charge on any atom is 0.295 e. The van der Waals surface area contributed by atoms with Crippen molar-refractivity contribution in [2.24, 2.45) is 0 Å². The standard InChI is InChI=1S/C29H26N2O5/c1-2-36-22-13-9-19(10-14-22)27(33)25-26(18-7-11-21(32)12-8-18)31(29(35)28(25)34)16-15-20-17-30-24-6-4-3-5-23(20)24/h3-14,17,26,30,32-33H,2,15-16H2,1H3/b27-25+. The number of aromatic amines is 1. The molecule has 0 bridgehead atoms. The fourth-order valence-corrected chi connectivity index (χ4v) is 4.72. The largest absolute Gasteiger partial charge is 0.508 e. The Morgan fingerprint density at radius 3 is 2.44 bits per heavy atom. The van der Waals surface area contributed by atoms with Crippen molar-refractivity contribution in [3.05, 3.63) is 101 Å². The summed E-state index contributed by atoms with van der Waals surface area (Å²) in [7, 11) is 0. The smallest absolute Gasteiger partial charge is 0.295 e. The highest BCUT2D eigenvalue weighted by Gasteiger charge is 2.45. The van der Waals surface area contributed by atoms with Crippen molar-refractivity contribution in [1.29, 1.82) is 0 Å². The minimum Gasteiger partial charge on any atom is -0.508 e. The first-order valence-electron chi connectivity index (χ1n) is 11.8. The van der Waals surface area contributed by atoms with Gasteiger partial charge in [0.25, 0.3) is 11.7 Å². The molecule has 1 unspecified atom stereocenters. The third-order valence-corrected chi connectivity index (χ3v) is 6.48. The van der Waals surface area contributed by atoms with E-state index in [2.05, 4.69) is 4.98 Å². The molecule has 0 radical (unpaired) electrons. The van der Waals surface area contributed by atoms with Gasteiger partial charge in [0.1, 0.15) is 17.3 Å². The van der Waals surface area contributed by atoms with Crippen LogP contribution in [0.3, 0.4) is 0 Å². The molecule has 5 rings (SSSR count). The molecule has 1 fully saturated rings. The Bertz CT molecular complexity index is 1450. The number of nitrogens with zero attached hydrogens (tertiary/aromatic N) is 1. The summed E-state index contributed by atoms with van der Waals surface area (Å²) < 4.78 is 5.47. The van der Waals surface area contributed by atoms with Crippen molar-refractivity contribution >= 4 is 28.4 Å². The highest BCUT2D eigenvalue weighted by Crippen LogP contribution is 2.40. The zero-order valence-electron chi connectivity index (χ0n) is 19.8. The quantitative estimate of drug-likeness (QED) is 0.197. The van der Waals surface area contributed by atoms with E-state index in [1.165, 1.54) is 17.0 Å². The number of fused-ring (bicyclic) bond motifs is 1. The molecule has 1 aliphatic heterocycles. The number of Topliss-reactive ketones (excluding diaryl/α,β-unsaturated/α-hetero) is 1. The number of phenolic OH excluding ortho intramolecular Hbond substituents is 1. The number of phenols is 1. The Morgan fingerprint density at radius 2 is 1.72 bits per heavy atom. The maximum absolute atomic E-state index is 13.2. The number of aliphatic hydroxyl groups excluding tert-OH is 1. The first kappa shape index (κ1) is 23.2. The lowest BCUT2D eigenvalue weighted by Crippen LogP contribution is -2.31. The van der Waals surface area contributed by atoms with E-state index in [-0.39, 0.29) is 23.6 Å². The van der Waals surface area contributed by atoms with Crippen LogP contribution in [0.4, 0.5) is 0 Å². The van der Waals surface area contributed by atoms with Gasteiger partial charge in [-0.15, -0.1) is 0 Å². The lowest BCUT2D eigenvalue weighted by Gasteiger charge is -2.25. The molecule has 2 heterocycles. The average molecular weight is 483 g/mol. The van der Waals surface area contributed by atoms with Crippen molar-refractivity contribution < 1.29 is 24.5 Å². The number of aromatic hydroxyl groups is 1. The Hall–Kier alpha value is -4.52. The zero-order valence-corrected chi connectivity index (χ0v) is 19.8. The number of aliphatic hydroxyl groups is 1. The molecular weight excluding hydrogens is 456 g/mol. The number of benzene rings is 3. The van der Waals surface area contributed by atoms with E-state index in [0.717, 1.165) is 16.5 Å². The van der Waals surface area contributed by atoms with Gasteiger partial charge in [-0.1, -0.05) is 30.3 Å². The summed E-state index contributed by atoms with van der Waals surface area (Å²) in [6.07, 6.45) is 2.44. The van der Waals surface area contributed by atoms with Crippen LogP contribution in [0.1, 0.15) is 29.7 Å². The Labute approximate surface area is 208 Å². The van der Waals surface area contributed by atoms with Gasteiger partial charge >= 0.3 is 0 Å². The van der Waals surface area contributed by atoms with Gasteiger partial charge in [-0.3, -0.25) is 9.59 Å². The summed E-state index contributed by atoms with van der Waals surface area (Å²) in [4.78, 5) is 31.2. The van der Waals surface area contributed by atoms with Crippen LogP contribution in [-0.4, -0.2) is 44.9 Å². The third-order valence-electron chi connectivity index (χ3n) is 6.48. The summed E-state index contributed by atoms with van der Waals surface area (Å²) in [6.45, 7) is 2.66. The van der Waals surface area contributed by atoms with Gasteiger partial charge < -0.3 is 24.8 Å². The number of H-pyrrole nitrogens is 1. The molecule has 3 aromatic carbocycles. The fourth-order valence-electron chi connectivity index (χ4n) is 4.72. The van der Waals surface area contributed by atoms with Crippen molar-refractivity contribution in [2.45, 2.75) is 19.4 Å². The summed E-state index contributed by atoms with van der Waals surface area (Å²) in [5, 5.41) is 22.1. The summed E-state index contributed by atoms with van der Waals surface area (Å²) in [5.74, 6) is -0.938. The molecule has 3 N–H and O–H groups in total. The van der Waals surface area contributed by atoms with E-state index in [0.29, 0.717) is 29.9 Å². The van der Waals surface area contributed by atoms with Gasteiger partial charge in [0.05, 0.1) is 18.2 Å². The molecular formula is C29H26N2O5. The number of likely N-dealkylation sites (tertiary alicyclic amines) is 1. The number of nitrogens with one attached hydrogen (secondary N) is 1. The van der Waals surface area contributed by atoms with Crippen LogP contribution in [0.25, 0.3) is 16.7 Å². The first-order chi connectivity index (χ1) is 17.5. The van der Waals surface area contributed by atoms with Crippen LogP contribution in [0.5, 0.6) is 11.5 Å². The van der Waals surface area contributed by atoms with Crippen molar-refractivity contribution in [3.63, 3.8) is 0 Å². The van der Waals surface area contributed by atoms with Crippen LogP contribution in [0.2, 0.25) is 0 Å². The van der Waals surface area contributed by atoms with Crippen LogP contribution in [0.15, 0.2) is 84.6 Å². The lowest BCUT2D eigenvalue weighted by molar-refractivity contribution is -0.139. The average Bonchev–Trinajstić information content (AvgIpc) is 3.42. The summed E-state index contributed by atoms with van der Waals surface area (Å²) in [6, 6.07) is 20.2. The van der Waals surface area contributed by atoms with Gasteiger partial charge in [-0.05, 0) is 66.9 Å². The minimum absolute atomic E-state index is 0.0220. The molecule has 0 saturated carbocycles. The molecule has 4 aromatic rings. The molecule has 182 valence electrons. The Balaban J connectivity index is 1.54. The number of rotatable bonds is 7. The van der Waals surface area contributed by atoms with E-state index in [4.69, 9.17) is 4.74 Å². The van der Waals surface area contributed by atoms with E-state index < -0.39 is 17.7 Å². The third kappa shape index (κ3) is 4.20. The molecule has 1 saturated heterocycles.